The molecule has 0 aliphatic rings. The Labute approximate surface area is 107 Å². The molecule has 0 saturated heterocycles. The highest BCUT2D eigenvalue weighted by Gasteiger charge is 2.27. The Morgan fingerprint density at radius 3 is 2.71 bits per heavy atom. The highest BCUT2D eigenvalue weighted by Crippen LogP contribution is 2.21. The molecule has 4 heteroatoms. The van der Waals surface area contributed by atoms with E-state index < -0.39 is 5.54 Å². The van der Waals surface area contributed by atoms with Gasteiger partial charge in [0.2, 0.25) is 5.91 Å². The van der Waals surface area contributed by atoms with Gasteiger partial charge in [-0.1, -0.05) is 31.0 Å². The van der Waals surface area contributed by atoms with Crippen LogP contribution in [0.15, 0.2) is 18.2 Å². The van der Waals surface area contributed by atoms with Crippen molar-refractivity contribution in [3.05, 3.63) is 28.8 Å². The molecule has 94 valence electrons. The Bertz CT molecular complexity index is 416. The van der Waals surface area contributed by atoms with Crippen molar-refractivity contribution in [2.24, 2.45) is 5.73 Å². The average molecular weight is 255 g/mol. The lowest BCUT2D eigenvalue weighted by Gasteiger charge is -2.22. The van der Waals surface area contributed by atoms with Gasteiger partial charge >= 0.3 is 0 Å². The van der Waals surface area contributed by atoms with Gasteiger partial charge in [-0.2, -0.15) is 0 Å². The summed E-state index contributed by atoms with van der Waals surface area (Å²) in [7, 11) is 0. The molecule has 17 heavy (non-hydrogen) atoms. The van der Waals surface area contributed by atoms with Crippen molar-refractivity contribution < 1.29 is 4.79 Å². The minimum absolute atomic E-state index is 0.181. The van der Waals surface area contributed by atoms with Crippen molar-refractivity contribution in [3.8, 4) is 0 Å². The number of nitrogens with one attached hydrogen (secondary N) is 1. The Hall–Kier alpha value is -1.06. The molecule has 0 aliphatic carbocycles. The largest absolute Gasteiger partial charge is 0.324 e. The zero-order valence-corrected chi connectivity index (χ0v) is 11.3. The second-order valence-corrected chi connectivity index (χ2v) is 4.99. The molecule has 0 bridgehead atoms. The molecule has 1 amide bonds. The molecule has 0 saturated carbocycles. The highest BCUT2D eigenvalue weighted by molar-refractivity contribution is 6.31. The molecule has 0 radical (unpaired) electrons. The van der Waals surface area contributed by atoms with E-state index in [1.54, 1.807) is 13.0 Å². The van der Waals surface area contributed by atoms with E-state index in [0.29, 0.717) is 17.1 Å². The quantitative estimate of drug-likeness (QED) is 0.868. The van der Waals surface area contributed by atoms with E-state index in [9.17, 15) is 4.79 Å². The van der Waals surface area contributed by atoms with Crippen LogP contribution in [-0.4, -0.2) is 11.4 Å². The van der Waals surface area contributed by atoms with Gasteiger partial charge < -0.3 is 11.1 Å². The number of anilines is 1. The van der Waals surface area contributed by atoms with E-state index in [0.717, 1.165) is 12.0 Å². The molecular formula is C13H19ClN2O. The molecule has 0 spiro atoms. The van der Waals surface area contributed by atoms with Gasteiger partial charge in [-0.15, -0.1) is 0 Å². The van der Waals surface area contributed by atoms with Gasteiger partial charge in [0.1, 0.15) is 0 Å². The zero-order valence-electron chi connectivity index (χ0n) is 10.5. The summed E-state index contributed by atoms with van der Waals surface area (Å²) in [4.78, 5) is 11.9. The maximum atomic E-state index is 11.9. The van der Waals surface area contributed by atoms with Crippen molar-refractivity contribution in [1.29, 1.82) is 0 Å². The summed E-state index contributed by atoms with van der Waals surface area (Å²) < 4.78 is 0. The Balaban J connectivity index is 2.77. The fourth-order valence-corrected chi connectivity index (χ4v) is 1.76. The molecule has 0 fully saturated rings. The second kappa shape index (κ2) is 5.52. The topological polar surface area (TPSA) is 55.1 Å². The summed E-state index contributed by atoms with van der Waals surface area (Å²) >= 11 is 5.99. The van der Waals surface area contributed by atoms with Crippen LogP contribution in [0.1, 0.15) is 32.3 Å². The Morgan fingerprint density at radius 1 is 1.53 bits per heavy atom. The molecule has 3 N–H and O–H groups in total. The molecule has 1 unspecified atom stereocenters. The van der Waals surface area contributed by atoms with E-state index in [2.05, 4.69) is 5.32 Å². The zero-order chi connectivity index (χ0) is 13.1. The Morgan fingerprint density at radius 2 is 2.18 bits per heavy atom. The van der Waals surface area contributed by atoms with Crippen LogP contribution in [0.4, 0.5) is 5.69 Å². The van der Waals surface area contributed by atoms with Crippen LogP contribution in [-0.2, 0) is 4.79 Å². The van der Waals surface area contributed by atoms with Crippen LogP contribution in [0.2, 0.25) is 5.02 Å². The van der Waals surface area contributed by atoms with Gasteiger partial charge in [0.25, 0.3) is 0 Å². The van der Waals surface area contributed by atoms with E-state index in [4.69, 9.17) is 17.3 Å². The van der Waals surface area contributed by atoms with Gasteiger partial charge in [0.15, 0.2) is 0 Å². The molecule has 0 aliphatic heterocycles. The predicted molar refractivity (Wildman–Crippen MR) is 72.3 cm³/mol. The summed E-state index contributed by atoms with van der Waals surface area (Å²) in [6.45, 7) is 5.65. The smallest absolute Gasteiger partial charge is 0.244 e. The lowest BCUT2D eigenvalue weighted by molar-refractivity contribution is -0.120. The standard InChI is InChI=1S/C13H19ClN2O/c1-4-7-13(3,15)12(17)16-10-6-5-9(2)11(14)8-10/h5-6,8H,4,7,15H2,1-3H3,(H,16,17). The third-order valence-corrected chi connectivity index (χ3v) is 3.12. The first-order valence-corrected chi connectivity index (χ1v) is 6.11. The number of carbonyl (C=O) groups is 1. The van der Waals surface area contributed by atoms with Crippen LogP contribution < -0.4 is 11.1 Å². The molecule has 0 heterocycles. The first kappa shape index (κ1) is 14.0. The van der Waals surface area contributed by atoms with E-state index in [1.165, 1.54) is 0 Å². The van der Waals surface area contributed by atoms with Gasteiger partial charge in [0.05, 0.1) is 5.54 Å². The van der Waals surface area contributed by atoms with Crippen molar-refractivity contribution in [1.82, 2.24) is 0 Å². The average Bonchev–Trinajstić information content (AvgIpc) is 2.23. The van der Waals surface area contributed by atoms with Crippen LogP contribution in [0.5, 0.6) is 0 Å². The molecule has 1 atom stereocenters. The Kier molecular flexibility index (Phi) is 4.54. The van der Waals surface area contributed by atoms with Crippen LogP contribution >= 0.6 is 11.6 Å². The summed E-state index contributed by atoms with van der Waals surface area (Å²) in [5.41, 5.74) is 6.76. The fraction of sp³-hybridized carbons (Fsp3) is 0.462. The van der Waals surface area contributed by atoms with Gasteiger partial charge in [-0.05, 0) is 38.0 Å². The van der Waals surface area contributed by atoms with Crippen molar-refractivity contribution in [3.63, 3.8) is 0 Å². The molecule has 3 nitrogen and oxygen atoms in total. The summed E-state index contributed by atoms with van der Waals surface area (Å²) in [5, 5.41) is 3.42. The highest BCUT2D eigenvalue weighted by atomic mass is 35.5. The molecule has 1 aromatic carbocycles. The maximum Gasteiger partial charge on any atom is 0.244 e. The lowest BCUT2D eigenvalue weighted by atomic mass is 9.96. The van der Waals surface area contributed by atoms with E-state index in [-0.39, 0.29) is 5.91 Å². The van der Waals surface area contributed by atoms with Crippen molar-refractivity contribution in [2.45, 2.75) is 39.2 Å². The predicted octanol–water partition coefficient (Wildman–Crippen LogP) is 3.10. The van der Waals surface area contributed by atoms with Crippen molar-refractivity contribution >= 4 is 23.2 Å². The third kappa shape index (κ3) is 3.72. The number of hydrogen-bond donors (Lipinski definition) is 2. The summed E-state index contributed by atoms with van der Waals surface area (Å²) in [6, 6.07) is 5.42. The monoisotopic (exact) mass is 254 g/mol. The number of halogens is 1. The SMILES string of the molecule is CCCC(C)(N)C(=O)Nc1ccc(C)c(Cl)c1. The number of amides is 1. The van der Waals surface area contributed by atoms with Crippen LogP contribution in [0.25, 0.3) is 0 Å². The molecule has 1 rings (SSSR count). The first-order chi connectivity index (χ1) is 7.86. The third-order valence-electron chi connectivity index (χ3n) is 2.72. The van der Waals surface area contributed by atoms with Crippen LogP contribution in [0.3, 0.4) is 0 Å². The molecule has 0 aromatic heterocycles. The molecule has 1 aromatic rings. The normalized spacial score (nSPS) is 14.2. The van der Waals surface area contributed by atoms with Gasteiger partial charge in [-0.25, -0.2) is 0 Å². The summed E-state index contributed by atoms with van der Waals surface area (Å²) in [5.74, 6) is -0.181. The van der Waals surface area contributed by atoms with E-state index in [1.807, 2.05) is 26.0 Å². The van der Waals surface area contributed by atoms with E-state index >= 15 is 0 Å². The van der Waals surface area contributed by atoms with Crippen molar-refractivity contribution in [2.75, 3.05) is 5.32 Å². The second-order valence-electron chi connectivity index (χ2n) is 4.59. The number of aryl methyl sites for hydroxylation is 1. The number of benzene rings is 1. The van der Waals surface area contributed by atoms with Gasteiger partial charge in [-0.3, -0.25) is 4.79 Å². The lowest BCUT2D eigenvalue weighted by Crippen LogP contribution is -2.48. The maximum absolute atomic E-state index is 11.9. The summed E-state index contributed by atoms with van der Waals surface area (Å²) in [6.07, 6.45) is 1.52. The number of rotatable bonds is 4. The number of carbonyl (C=O) groups excluding carboxylic acids is 1. The van der Waals surface area contributed by atoms with Gasteiger partial charge in [0, 0.05) is 10.7 Å². The first-order valence-electron chi connectivity index (χ1n) is 5.73. The molecular weight excluding hydrogens is 236 g/mol. The minimum atomic E-state index is -0.841. The number of hydrogen-bond acceptors (Lipinski definition) is 2. The minimum Gasteiger partial charge on any atom is -0.324 e. The fourth-order valence-electron chi connectivity index (χ4n) is 1.58. The number of nitrogens with two attached hydrogens (primary N) is 1. The van der Waals surface area contributed by atoms with Crippen LogP contribution in [0, 0.1) is 6.92 Å².